The molecule has 0 radical (unpaired) electrons. The van der Waals surface area contributed by atoms with Gasteiger partial charge in [-0.05, 0) is 36.4 Å². The van der Waals surface area contributed by atoms with Crippen molar-refractivity contribution in [3.05, 3.63) is 58.1 Å². The molecule has 0 spiro atoms. The van der Waals surface area contributed by atoms with E-state index in [0.717, 1.165) is 27.8 Å². The van der Waals surface area contributed by atoms with Crippen LogP contribution >= 0.6 is 27.7 Å². The minimum atomic E-state index is 0.672. The first-order valence-corrected chi connectivity index (χ1v) is 7.51. The highest BCUT2D eigenvalue weighted by Gasteiger charge is 2.05. The van der Waals surface area contributed by atoms with Gasteiger partial charge in [0.05, 0.1) is 7.11 Å². The number of hydrogen-bond acceptors (Lipinski definition) is 3. The molecule has 2 aromatic rings. The van der Waals surface area contributed by atoms with E-state index in [4.69, 9.17) is 4.74 Å². The molecule has 19 heavy (non-hydrogen) atoms. The fourth-order valence-electron chi connectivity index (χ4n) is 1.70. The van der Waals surface area contributed by atoms with Gasteiger partial charge >= 0.3 is 0 Å². The van der Waals surface area contributed by atoms with Crippen molar-refractivity contribution in [2.75, 3.05) is 7.11 Å². The van der Waals surface area contributed by atoms with E-state index in [2.05, 4.69) is 28.1 Å². The summed E-state index contributed by atoms with van der Waals surface area (Å²) >= 11 is 5.17. The second-order valence-electron chi connectivity index (χ2n) is 3.94. The lowest BCUT2D eigenvalue weighted by Gasteiger charge is -2.09. The van der Waals surface area contributed by atoms with E-state index < -0.39 is 0 Å². The average Bonchev–Trinajstić information content (AvgIpc) is 2.45. The number of ether oxygens (including phenoxy) is 1. The van der Waals surface area contributed by atoms with Crippen LogP contribution in [0.5, 0.6) is 5.75 Å². The molecular weight excluding hydrogens is 324 g/mol. The first-order chi connectivity index (χ1) is 9.22. The zero-order chi connectivity index (χ0) is 13.7. The third-order valence-corrected chi connectivity index (χ3v) is 4.17. The van der Waals surface area contributed by atoms with E-state index in [9.17, 15) is 4.79 Å². The molecule has 0 N–H and O–H groups in total. The van der Waals surface area contributed by atoms with Gasteiger partial charge < -0.3 is 4.74 Å². The Morgan fingerprint density at radius 3 is 2.79 bits per heavy atom. The highest BCUT2D eigenvalue weighted by atomic mass is 79.9. The number of halogens is 1. The second-order valence-corrected chi connectivity index (χ2v) is 5.90. The van der Waals surface area contributed by atoms with Gasteiger partial charge in [0.1, 0.15) is 12.0 Å². The molecule has 0 aliphatic carbocycles. The Morgan fingerprint density at radius 1 is 1.26 bits per heavy atom. The zero-order valence-electron chi connectivity index (χ0n) is 10.4. The zero-order valence-corrected chi connectivity index (χ0v) is 12.8. The van der Waals surface area contributed by atoms with Crippen molar-refractivity contribution in [2.24, 2.45) is 0 Å². The Hall–Kier alpha value is -1.26. The van der Waals surface area contributed by atoms with Crippen LogP contribution in [-0.4, -0.2) is 13.4 Å². The number of aldehydes is 1. The summed E-state index contributed by atoms with van der Waals surface area (Å²) in [5, 5.41) is 0. The number of rotatable bonds is 5. The summed E-state index contributed by atoms with van der Waals surface area (Å²) in [5.74, 6) is 1.58. The van der Waals surface area contributed by atoms with Gasteiger partial charge in [-0.2, -0.15) is 0 Å². The predicted molar refractivity (Wildman–Crippen MR) is 82.1 cm³/mol. The maximum absolute atomic E-state index is 10.8. The monoisotopic (exact) mass is 336 g/mol. The molecule has 0 fully saturated rings. The molecule has 98 valence electrons. The van der Waals surface area contributed by atoms with Crippen molar-refractivity contribution >= 4 is 34.0 Å². The number of hydrogen-bond donors (Lipinski definition) is 0. The van der Waals surface area contributed by atoms with Crippen molar-refractivity contribution in [3.8, 4) is 5.75 Å². The lowest BCUT2D eigenvalue weighted by atomic mass is 10.1. The van der Waals surface area contributed by atoms with Gasteiger partial charge in [-0.15, -0.1) is 11.8 Å². The van der Waals surface area contributed by atoms with Crippen LogP contribution in [0.1, 0.15) is 15.9 Å². The maximum Gasteiger partial charge on any atom is 0.150 e. The largest absolute Gasteiger partial charge is 0.496 e. The lowest BCUT2D eigenvalue weighted by Crippen LogP contribution is -1.92. The summed E-state index contributed by atoms with van der Waals surface area (Å²) in [6.45, 7) is 0. The molecule has 0 bridgehead atoms. The molecule has 4 heteroatoms. The van der Waals surface area contributed by atoms with Gasteiger partial charge in [-0.1, -0.05) is 22.0 Å². The van der Waals surface area contributed by atoms with Crippen molar-refractivity contribution < 1.29 is 9.53 Å². The van der Waals surface area contributed by atoms with Crippen molar-refractivity contribution in [2.45, 2.75) is 10.6 Å². The minimum Gasteiger partial charge on any atom is -0.496 e. The number of carbonyl (C=O) groups is 1. The average molecular weight is 337 g/mol. The van der Waals surface area contributed by atoms with E-state index in [1.165, 1.54) is 4.90 Å². The summed E-state index contributed by atoms with van der Waals surface area (Å²) in [6.07, 6.45) is 0.854. The summed E-state index contributed by atoms with van der Waals surface area (Å²) in [6, 6.07) is 13.6. The molecule has 0 aromatic heterocycles. The third kappa shape index (κ3) is 3.85. The Labute approximate surface area is 125 Å². The topological polar surface area (TPSA) is 26.3 Å². The van der Waals surface area contributed by atoms with E-state index >= 15 is 0 Å². The third-order valence-electron chi connectivity index (χ3n) is 2.63. The first kappa shape index (κ1) is 14.2. The Bertz CT molecular complexity index is 584. The van der Waals surface area contributed by atoms with Crippen LogP contribution in [0.2, 0.25) is 0 Å². The number of thioether (sulfide) groups is 1. The van der Waals surface area contributed by atoms with Gasteiger partial charge in [0.15, 0.2) is 0 Å². The van der Waals surface area contributed by atoms with E-state index in [1.54, 1.807) is 24.9 Å². The van der Waals surface area contributed by atoms with E-state index in [-0.39, 0.29) is 0 Å². The van der Waals surface area contributed by atoms with Crippen molar-refractivity contribution in [3.63, 3.8) is 0 Å². The van der Waals surface area contributed by atoms with Gasteiger partial charge in [0.25, 0.3) is 0 Å². The van der Waals surface area contributed by atoms with Crippen LogP contribution in [0.4, 0.5) is 0 Å². The Morgan fingerprint density at radius 2 is 2.11 bits per heavy atom. The predicted octanol–water partition coefficient (Wildman–Crippen LogP) is 4.56. The van der Waals surface area contributed by atoms with Gasteiger partial charge in [-0.3, -0.25) is 4.79 Å². The molecule has 0 heterocycles. The number of carbonyl (C=O) groups excluding carboxylic acids is 1. The fraction of sp³-hybridized carbons (Fsp3) is 0.133. The van der Waals surface area contributed by atoms with E-state index in [0.29, 0.717) is 5.56 Å². The molecule has 0 aliphatic rings. The second kappa shape index (κ2) is 6.78. The van der Waals surface area contributed by atoms with Crippen LogP contribution in [0.15, 0.2) is 51.8 Å². The number of methoxy groups -OCH3 is 1. The van der Waals surface area contributed by atoms with Crippen LogP contribution in [0.3, 0.4) is 0 Å². The normalized spacial score (nSPS) is 10.2. The molecule has 0 aliphatic heterocycles. The highest BCUT2D eigenvalue weighted by molar-refractivity contribution is 9.10. The smallest absolute Gasteiger partial charge is 0.150 e. The molecule has 0 unspecified atom stereocenters. The van der Waals surface area contributed by atoms with Crippen molar-refractivity contribution in [1.29, 1.82) is 0 Å². The van der Waals surface area contributed by atoms with Gasteiger partial charge in [0.2, 0.25) is 0 Å². The Kier molecular flexibility index (Phi) is 5.05. The van der Waals surface area contributed by atoms with Crippen LogP contribution in [-0.2, 0) is 5.75 Å². The van der Waals surface area contributed by atoms with Crippen molar-refractivity contribution in [1.82, 2.24) is 0 Å². The number of benzene rings is 2. The maximum atomic E-state index is 10.8. The summed E-state index contributed by atoms with van der Waals surface area (Å²) in [5.41, 5.74) is 1.70. The standard InChI is InChI=1S/C15H13BrO2S/c1-18-15-6-5-11(9-17)7-12(15)10-19-14-4-2-3-13(16)8-14/h2-9H,10H2,1H3. The fourth-order valence-corrected chi connectivity index (χ4v) is 3.19. The van der Waals surface area contributed by atoms with Crippen LogP contribution < -0.4 is 4.74 Å². The molecule has 2 aromatic carbocycles. The lowest BCUT2D eigenvalue weighted by molar-refractivity contribution is 0.112. The summed E-state index contributed by atoms with van der Waals surface area (Å²) in [7, 11) is 1.64. The quantitative estimate of drug-likeness (QED) is 0.591. The molecule has 0 saturated carbocycles. The summed E-state index contributed by atoms with van der Waals surface area (Å²) in [4.78, 5) is 12.0. The molecular formula is C15H13BrO2S. The van der Waals surface area contributed by atoms with Gasteiger partial charge in [-0.25, -0.2) is 0 Å². The molecule has 0 saturated heterocycles. The first-order valence-electron chi connectivity index (χ1n) is 5.73. The molecule has 0 atom stereocenters. The summed E-state index contributed by atoms with van der Waals surface area (Å²) < 4.78 is 6.38. The Balaban J connectivity index is 2.16. The molecule has 2 rings (SSSR count). The SMILES string of the molecule is COc1ccc(C=O)cc1CSc1cccc(Br)c1. The highest BCUT2D eigenvalue weighted by Crippen LogP contribution is 2.29. The van der Waals surface area contributed by atoms with E-state index in [1.807, 2.05) is 24.3 Å². The van der Waals surface area contributed by atoms with Crippen LogP contribution in [0.25, 0.3) is 0 Å². The van der Waals surface area contributed by atoms with Gasteiger partial charge in [0, 0.05) is 26.2 Å². The molecule has 0 amide bonds. The molecule has 2 nitrogen and oxygen atoms in total. The minimum absolute atomic E-state index is 0.672. The van der Waals surface area contributed by atoms with Crippen LogP contribution in [0, 0.1) is 0 Å².